The van der Waals surface area contributed by atoms with Crippen LogP contribution in [0.5, 0.6) is 0 Å². The van der Waals surface area contributed by atoms with Crippen molar-refractivity contribution in [3.8, 4) is 22.4 Å². The van der Waals surface area contributed by atoms with E-state index >= 15 is 0 Å². The number of hydrogen-bond acceptors (Lipinski definition) is 4. The van der Waals surface area contributed by atoms with E-state index in [-0.39, 0.29) is 0 Å². The molecule has 1 N–H and O–H groups in total. The van der Waals surface area contributed by atoms with Gasteiger partial charge in [-0.15, -0.1) is 0 Å². The van der Waals surface area contributed by atoms with Crippen LogP contribution in [0.3, 0.4) is 0 Å². The third kappa shape index (κ3) is 4.44. The quantitative estimate of drug-likeness (QED) is 0.320. The van der Waals surface area contributed by atoms with Crippen molar-refractivity contribution < 1.29 is 4.21 Å². The second kappa shape index (κ2) is 9.48. The Morgan fingerprint density at radius 2 is 1.68 bits per heavy atom. The summed E-state index contributed by atoms with van der Waals surface area (Å²) in [6.07, 6.45) is 11.7. The van der Waals surface area contributed by atoms with E-state index < -0.39 is 10.8 Å². The van der Waals surface area contributed by atoms with E-state index in [4.69, 9.17) is 0 Å². The Hall–Kier alpha value is -2.83. The fourth-order valence-electron chi connectivity index (χ4n) is 6.41. The molecule has 2 aromatic carbocycles. The normalized spacial score (nSPS) is 23.2. The van der Waals surface area contributed by atoms with Crippen LogP contribution in [-0.2, 0) is 23.6 Å². The molecule has 37 heavy (non-hydrogen) atoms. The van der Waals surface area contributed by atoms with Gasteiger partial charge in [0.1, 0.15) is 0 Å². The number of aryl methyl sites for hydroxylation is 2. The number of fused-ring (bicyclic) bond motifs is 2. The van der Waals surface area contributed by atoms with Crippen molar-refractivity contribution >= 4 is 21.8 Å². The van der Waals surface area contributed by atoms with Crippen molar-refractivity contribution in [2.45, 2.75) is 80.5 Å². The number of benzene rings is 2. The van der Waals surface area contributed by atoms with E-state index in [1.807, 2.05) is 18.3 Å². The average molecular weight is 511 g/mol. The molecule has 5 nitrogen and oxygen atoms in total. The van der Waals surface area contributed by atoms with Crippen molar-refractivity contribution in [2.24, 2.45) is 0 Å². The lowest BCUT2D eigenvalue weighted by Crippen LogP contribution is -2.37. The van der Waals surface area contributed by atoms with Crippen LogP contribution in [0, 0.1) is 0 Å². The molecule has 0 spiro atoms. The van der Waals surface area contributed by atoms with Gasteiger partial charge in [-0.2, -0.15) is 5.10 Å². The molecule has 1 saturated heterocycles. The van der Waals surface area contributed by atoms with Gasteiger partial charge >= 0.3 is 0 Å². The fraction of sp³-hybridized carbons (Fsp3) is 0.419. The van der Waals surface area contributed by atoms with Crippen LogP contribution in [0.1, 0.15) is 56.6 Å². The molecule has 0 bridgehead atoms. The molecule has 2 fully saturated rings. The number of nitrogens with zero attached hydrogens (tertiary/aromatic N) is 3. The second-order valence-electron chi connectivity index (χ2n) is 11.2. The number of H-pyrrole nitrogens is 1. The van der Waals surface area contributed by atoms with Gasteiger partial charge in [-0.05, 0) is 99.7 Å². The van der Waals surface area contributed by atoms with Crippen molar-refractivity contribution in [1.82, 2.24) is 20.1 Å². The minimum absolute atomic E-state index is 0.348. The molecule has 4 aromatic rings. The van der Waals surface area contributed by atoms with Crippen LogP contribution in [0.4, 0.5) is 0 Å². The highest BCUT2D eigenvalue weighted by Crippen LogP contribution is 2.34. The van der Waals surface area contributed by atoms with E-state index in [1.165, 1.54) is 55.3 Å². The van der Waals surface area contributed by atoms with Crippen LogP contribution in [-0.4, -0.2) is 48.2 Å². The van der Waals surface area contributed by atoms with Crippen LogP contribution < -0.4 is 0 Å². The molecular formula is C31H34N4OS. The number of hydrogen-bond donors (Lipinski definition) is 1. The lowest BCUT2D eigenvalue weighted by Gasteiger charge is -2.30. The largest absolute Gasteiger partial charge is 0.298 e. The van der Waals surface area contributed by atoms with Crippen LogP contribution in [0.15, 0.2) is 59.6 Å². The molecular weight excluding hydrogens is 476 g/mol. The highest BCUT2D eigenvalue weighted by molar-refractivity contribution is 7.86. The molecule has 1 saturated carbocycles. The maximum Gasteiger partial charge on any atom is 0.181 e. The third-order valence-corrected chi connectivity index (χ3v) is 10.5. The summed E-state index contributed by atoms with van der Waals surface area (Å²) < 4.78 is 12.5. The number of likely N-dealkylation sites (tertiary alicyclic amines) is 1. The lowest BCUT2D eigenvalue weighted by molar-refractivity contribution is 0.174. The Morgan fingerprint density at radius 3 is 2.43 bits per heavy atom. The smallest absolute Gasteiger partial charge is 0.181 e. The van der Waals surface area contributed by atoms with E-state index in [2.05, 4.69) is 63.4 Å². The first-order chi connectivity index (χ1) is 18.1. The summed E-state index contributed by atoms with van der Waals surface area (Å²) >= 11 is 0. The van der Waals surface area contributed by atoms with Gasteiger partial charge in [0.2, 0.25) is 0 Å². The SMILES string of the molecule is CC1CCCN1C1CCc2ccc(-c3cnc4n[nH]c(-c5ccc(S(=O)C6CC6)cc5)c4c3)cc2CC1. The Kier molecular flexibility index (Phi) is 5.97. The molecule has 1 aliphatic heterocycles. The topological polar surface area (TPSA) is 61.9 Å². The fourth-order valence-corrected chi connectivity index (χ4v) is 7.76. The maximum absolute atomic E-state index is 12.5. The summed E-state index contributed by atoms with van der Waals surface area (Å²) in [6.45, 7) is 3.67. The van der Waals surface area contributed by atoms with E-state index in [0.717, 1.165) is 58.1 Å². The zero-order chi connectivity index (χ0) is 24.9. The van der Waals surface area contributed by atoms with Crippen molar-refractivity contribution in [3.63, 3.8) is 0 Å². The summed E-state index contributed by atoms with van der Waals surface area (Å²) in [5, 5.41) is 9.02. The Bertz CT molecular complexity index is 1470. The van der Waals surface area contributed by atoms with Crippen LogP contribution in [0.2, 0.25) is 0 Å². The zero-order valence-corrected chi connectivity index (χ0v) is 22.3. The summed E-state index contributed by atoms with van der Waals surface area (Å²) in [5.74, 6) is 0. The standard InChI is InChI=1S/C31H34N4OS/c1-20-3-2-16-35(20)26-10-6-21-4-5-24(17-23(21)7-11-26)25-18-29-30(33-34-31(29)32-19-25)22-8-12-27(13-9-22)37(36)28-14-15-28/h4-5,8-9,12-13,17-20,26,28H,2-3,6-7,10-11,14-16H2,1H3,(H,32,33,34). The van der Waals surface area contributed by atoms with Gasteiger partial charge < -0.3 is 0 Å². The van der Waals surface area contributed by atoms with Gasteiger partial charge in [0, 0.05) is 44.9 Å². The summed E-state index contributed by atoms with van der Waals surface area (Å²) in [6, 6.07) is 18.8. The minimum atomic E-state index is -0.883. The molecule has 2 aliphatic carbocycles. The summed E-state index contributed by atoms with van der Waals surface area (Å²) in [4.78, 5) is 8.37. The molecule has 0 radical (unpaired) electrons. The number of aromatic amines is 1. The van der Waals surface area contributed by atoms with E-state index in [9.17, 15) is 4.21 Å². The third-order valence-electron chi connectivity index (χ3n) is 8.72. The number of pyridine rings is 1. The Morgan fingerprint density at radius 1 is 0.892 bits per heavy atom. The predicted octanol–water partition coefficient (Wildman–Crippen LogP) is 6.29. The first-order valence-electron chi connectivity index (χ1n) is 13.9. The van der Waals surface area contributed by atoms with Gasteiger partial charge in [-0.3, -0.25) is 14.2 Å². The molecule has 190 valence electrons. The average Bonchev–Trinajstić information content (AvgIpc) is 3.62. The molecule has 6 heteroatoms. The lowest BCUT2D eigenvalue weighted by atomic mass is 9.96. The Labute approximate surface area is 221 Å². The van der Waals surface area contributed by atoms with Crippen molar-refractivity contribution in [1.29, 1.82) is 0 Å². The van der Waals surface area contributed by atoms with E-state index in [1.54, 1.807) is 0 Å². The monoisotopic (exact) mass is 510 g/mol. The van der Waals surface area contributed by atoms with Gasteiger partial charge in [0.15, 0.2) is 5.65 Å². The molecule has 2 aromatic heterocycles. The number of rotatable bonds is 5. The van der Waals surface area contributed by atoms with E-state index in [0.29, 0.717) is 11.3 Å². The summed E-state index contributed by atoms with van der Waals surface area (Å²) in [5.41, 5.74) is 8.09. The summed E-state index contributed by atoms with van der Waals surface area (Å²) in [7, 11) is -0.883. The van der Waals surface area contributed by atoms with Gasteiger partial charge in [0.05, 0.1) is 16.5 Å². The van der Waals surface area contributed by atoms with Gasteiger partial charge in [-0.1, -0.05) is 30.3 Å². The molecule has 0 amide bonds. The van der Waals surface area contributed by atoms with Gasteiger partial charge in [0.25, 0.3) is 0 Å². The molecule has 7 rings (SSSR count). The van der Waals surface area contributed by atoms with Crippen molar-refractivity contribution in [3.05, 3.63) is 65.9 Å². The second-order valence-corrected chi connectivity index (χ2v) is 12.9. The molecule has 3 atom stereocenters. The van der Waals surface area contributed by atoms with Gasteiger partial charge in [-0.25, -0.2) is 4.98 Å². The first-order valence-corrected chi connectivity index (χ1v) is 15.1. The highest BCUT2D eigenvalue weighted by Gasteiger charge is 2.30. The molecule has 3 unspecified atom stereocenters. The van der Waals surface area contributed by atoms with Crippen LogP contribution >= 0.6 is 0 Å². The maximum atomic E-state index is 12.5. The zero-order valence-electron chi connectivity index (χ0n) is 21.5. The Balaban J connectivity index is 1.16. The molecule has 3 heterocycles. The predicted molar refractivity (Wildman–Crippen MR) is 150 cm³/mol. The highest BCUT2D eigenvalue weighted by atomic mass is 32.2. The molecule has 3 aliphatic rings. The number of nitrogens with one attached hydrogen (secondary N) is 1. The first kappa shape index (κ1) is 23.3. The minimum Gasteiger partial charge on any atom is -0.298 e. The van der Waals surface area contributed by atoms with Crippen LogP contribution in [0.25, 0.3) is 33.4 Å². The number of aromatic nitrogens is 3. The van der Waals surface area contributed by atoms with Crippen molar-refractivity contribution in [2.75, 3.05) is 6.54 Å².